The van der Waals surface area contributed by atoms with Gasteiger partial charge < -0.3 is 0 Å². The average Bonchev–Trinajstić information content (AvgIpc) is 1.00. The van der Waals surface area contributed by atoms with Crippen LogP contribution in [0.1, 0.15) is 0 Å². The summed E-state index contributed by atoms with van der Waals surface area (Å²) in [5.74, 6) is 0. The number of rotatable bonds is 0. The molecule has 0 aromatic carbocycles. The van der Waals surface area contributed by atoms with Gasteiger partial charge in [-0.15, -0.1) is 37.2 Å². The first-order chi connectivity index (χ1) is 1.00. The Morgan fingerprint density at radius 1 is 0.800 bits per heavy atom. The third kappa shape index (κ3) is 40.5. The van der Waals surface area contributed by atoms with Crippen molar-refractivity contribution in [3.05, 3.63) is 0 Å². The summed E-state index contributed by atoms with van der Waals surface area (Å²) in [5, 5.41) is 0. The van der Waals surface area contributed by atoms with Gasteiger partial charge in [0.25, 0.3) is 0 Å². The fourth-order valence-electron chi connectivity index (χ4n) is 0. The van der Waals surface area contributed by atoms with Crippen LogP contribution in [-0.4, -0.2) is 0 Å². The van der Waals surface area contributed by atoms with Crippen molar-refractivity contribution in [3.63, 3.8) is 0 Å². The van der Waals surface area contributed by atoms with E-state index in [-0.39, 0.29) is 37.2 Å². The van der Waals surface area contributed by atoms with Crippen LogP contribution in [0.4, 0.5) is 0 Å². The third-order valence-electron chi connectivity index (χ3n) is 0. The van der Waals surface area contributed by atoms with Crippen molar-refractivity contribution in [2.24, 2.45) is 0 Å². The maximum absolute atomic E-state index is 7.94. The Balaban J connectivity index is -0.00000000167. The second kappa shape index (κ2) is 70.9. The summed E-state index contributed by atoms with van der Waals surface area (Å²) < 4.78 is 7.94. The fraction of sp³-hybridized carbons (Fsp3) is 0. The van der Waals surface area contributed by atoms with Gasteiger partial charge in [0.05, 0.1) is 0 Å². The molecule has 1 nitrogen and oxygen atoms in total. The molecule has 0 aromatic heterocycles. The van der Waals surface area contributed by atoms with Gasteiger partial charge in [-0.25, -0.2) is 0 Å². The average molecular weight is 156 g/mol. The van der Waals surface area contributed by atoms with Gasteiger partial charge in [0.2, 0.25) is 0 Å². The van der Waals surface area contributed by atoms with E-state index in [1.54, 1.807) is 0 Å². The molecule has 0 unspecified atom stereocenters. The van der Waals surface area contributed by atoms with E-state index in [4.69, 9.17) is 4.57 Å². The van der Waals surface area contributed by atoms with Crippen LogP contribution in [0.3, 0.4) is 0 Å². The van der Waals surface area contributed by atoms with Gasteiger partial charge >= 0.3 is 13.7 Å². The number of hydrogen-bond acceptors (Lipinski definition) is 1. The molecule has 1 radical (unpaired) electrons. The molecule has 0 aliphatic heterocycles. The first kappa shape index (κ1) is 36.0. The predicted molar refractivity (Wildman–Crippen MR) is 29.4 cm³/mol. The minimum absolute atomic E-state index is 0. The molecule has 5 heavy (non-hydrogen) atoms. The first-order valence-electron chi connectivity index (χ1n) is 0.183. The van der Waals surface area contributed by atoms with Crippen molar-refractivity contribution >= 4 is 46.3 Å². The quantitative estimate of drug-likeness (QED) is 0.490. The van der Waals surface area contributed by atoms with Crippen LogP contribution >= 0.6 is 46.3 Å². The molecule has 0 atom stereocenters. The summed E-state index contributed by atoms with van der Waals surface area (Å²) in [6.45, 7) is 0. The van der Waals surface area contributed by atoms with Gasteiger partial charge in [-0.2, -0.15) is 0 Å². The first-order valence-corrected chi connectivity index (χ1v) is 0.548. The Morgan fingerprint density at radius 3 is 0.800 bits per heavy atom. The molecule has 0 aromatic rings. The molecule has 0 N–H and O–H groups in total. The van der Waals surface area contributed by atoms with E-state index in [0.29, 0.717) is 0 Å². The van der Waals surface area contributed by atoms with Crippen LogP contribution in [0, 0.1) is 0 Å². The van der Waals surface area contributed by atoms with Gasteiger partial charge in [0, 0.05) is 0 Å². The second-order valence-corrected chi connectivity index (χ2v) is 0. The molecule has 0 spiro atoms. The van der Waals surface area contributed by atoms with Gasteiger partial charge in [-0.3, -0.25) is 0 Å². The van der Waals surface area contributed by atoms with Gasteiger partial charge in [-0.05, 0) is 0 Å². The summed E-state index contributed by atoms with van der Waals surface area (Å²) in [7, 11) is 2.28. The normalized spacial score (nSPS) is 0.600. The van der Waals surface area contributed by atoms with Crippen molar-refractivity contribution in [2.75, 3.05) is 0 Å². The molecule has 0 fully saturated rings. The topological polar surface area (TPSA) is 17.1 Å². The Labute approximate surface area is 51.4 Å². The zero-order valence-electron chi connectivity index (χ0n) is 2.08. The molecular formula is H3Cl3OP+2. The second-order valence-electron chi connectivity index (χ2n) is 0. The number of hydrogen-bond donors (Lipinski definition) is 0. The predicted octanol–water partition coefficient (Wildman–Crippen LogP) is 2.01. The van der Waals surface area contributed by atoms with Crippen LogP contribution in [0.2, 0.25) is 0 Å². The summed E-state index contributed by atoms with van der Waals surface area (Å²) >= 11 is 0. The van der Waals surface area contributed by atoms with Crippen molar-refractivity contribution in [2.45, 2.75) is 0 Å². The molecule has 0 rings (SSSR count). The van der Waals surface area contributed by atoms with Gasteiger partial charge in [0.1, 0.15) is 0 Å². The monoisotopic (exact) mass is 155 g/mol. The molecule has 0 saturated carbocycles. The molecule has 33 valence electrons. The zero-order chi connectivity index (χ0) is 2.00. The van der Waals surface area contributed by atoms with E-state index < -0.39 is 0 Å². The molecule has 5 heteroatoms. The number of halogens is 3. The Morgan fingerprint density at radius 2 is 0.800 bits per heavy atom. The Kier molecular flexibility index (Phi) is 510. The molecule has 0 amide bonds. The molecule has 0 heterocycles. The van der Waals surface area contributed by atoms with E-state index >= 15 is 0 Å². The van der Waals surface area contributed by atoms with Crippen molar-refractivity contribution in [1.29, 1.82) is 0 Å². The maximum atomic E-state index is 7.94. The van der Waals surface area contributed by atoms with Crippen LogP contribution in [-0.2, 0) is 4.57 Å². The Hall–Kier alpha value is 1.10. The summed E-state index contributed by atoms with van der Waals surface area (Å²) in [5.41, 5.74) is 0. The van der Waals surface area contributed by atoms with Crippen molar-refractivity contribution in [3.8, 4) is 0 Å². The minimum atomic E-state index is 0. The summed E-state index contributed by atoms with van der Waals surface area (Å²) in [6, 6.07) is 0. The zero-order valence-corrected chi connectivity index (χ0v) is 5.42. The fourth-order valence-corrected chi connectivity index (χ4v) is 0. The van der Waals surface area contributed by atoms with Crippen molar-refractivity contribution in [1.82, 2.24) is 0 Å². The van der Waals surface area contributed by atoms with Gasteiger partial charge in [-0.1, -0.05) is 0 Å². The van der Waals surface area contributed by atoms with E-state index in [9.17, 15) is 0 Å². The molecule has 0 saturated heterocycles. The van der Waals surface area contributed by atoms with Crippen LogP contribution < -0.4 is 0 Å². The van der Waals surface area contributed by atoms with Crippen LogP contribution in [0.15, 0.2) is 0 Å². The van der Waals surface area contributed by atoms with E-state index in [1.807, 2.05) is 0 Å². The molecule has 0 bridgehead atoms. The van der Waals surface area contributed by atoms with Gasteiger partial charge in [0.15, 0.2) is 0 Å². The van der Waals surface area contributed by atoms with E-state index in [2.05, 4.69) is 9.12 Å². The summed E-state index contributed by atoms with van der Waals surface area (Å²) in [4.78, 5) is 0. The SMILES string of the molecule is Cl.Cl.Cl.O=[P+2]. The Bertz CT molecular complexity index is 6.85. The van der Waals surface area contributed by atoms with E-state index in [1.165, 1.54) is 0 Å². The third-order valence-corrected chi connectivity index (χ3v) is 0. The molecule has 0 aliphatic rings. The van der Waals surface area contributed by atoms with Crippen LogP contribution in [0.25, 0.3) is 0 Å². The van der Waals surface area contributed by atoms with E-state index in [0.717, 1.165) is 0 Å². The molecule has 0 aliphatic carbocycles. The summed E-state index contributed by atoms with van der Waals surface area (Å²) in [6.07, 6.45) is 0. The molecular weight excluding hydrogens is 153 g/mol. The van der Waals surface area contributed by atoms with Crippen molar-refractivity contribution < 1.29 is 4.57 Å². The standard InChI is InChI=1S/3ClH.OP/c;;;1-2/h3*1H;/q;;;+2. The van der Waals surface area contributed by atoms with Crippen LogP contribution in [0.5, 0.6) is 0 Å².